The van der Waals surface area contributed by atoms with Gasteiger partial charge in [0.1, 0.15) is 11.3 Å². The Morgan fingerprint density at radius 2 is 2.25 bits per heavy atom. The third-order valence-corrected chi connectivity index (χ3v) is 7.01. The van der Waals surface area contributed by atoms with Gasteiger partial charge < -0.3 is 9.52 Å². The number of nitrogens with zero attached hydrogens (tertiary/aromatic N) is 1. The second-order valence-electron chi connectivity index (χ2n) is 8.35. The van der Waals surface area contributed by atoms with Gasteiger partial charge in [0.15, 0.2) is 11.6 Å². The smallest absolute Gasteiger partial charge is 0.168 e. The Kier molecular flexibility index (Phi) is 2.92. The maximum absolute atomic E-state index is 13.8. The summed E-state index contributed by atoms with van der Waals surface area (Å²) in [6.45, 7) is 6.98. The summed E-state index contributed by atoms with van der Waals surface area (Å²) in [5.74, 6) is 1.31. The van der Waals surface area contributed by atoms with Crippen LogP contribution >= 0.6 is 0 Å². The lowest BCUT2D eigenvalue weighted by Crippen LogP contribution is -2.60. The molecule has 3 aliphatic heterocycles. The maximum atomic E-state index is 13.8. The van der Waals surface area contributed by atoms with Gasteiger partial charge >= 0.3 is 0 Å². The van der Waals surface area contributed by atoms with Gasteiger partial charge in [-0.1, -0.05) is 13.8 Å². The van der Waals surface area contributed by atoms with Gasteiger partial charge in [-0.05, 0) is 43.1 Å². The van der Waals surface area contributed by atoms with E-state index < -0.39 is 5.82 Å². The Labute approximate surface area is 141 Å². The van der Waals surface area contributed by atoms with Crippen molar-refractivity contribution in [2.45, 2.75) is 51.5 Å². The van der Waals surface area contributed by atoms with E-state index >= 15 is 0 Å². The Balaban J connectivity index is 1.71. The number of piperidine rings is 2. The summed E-state index contributed by atoms with van der Waals surface area (Å²) in [4.78, 5) is 2.68. The maximum Gasteiger partial charge on any atom is 0.168 e. The number of phenols is 1. The summed E-state index contributed by atoms with van der Waals surface area (Å²) in [6, 6.07) is 3.42. The zero-order valence-corrected chi connectivity index (χ0v) is 14.3. The summed E-state index contributed by atoms with van der Waals surface area (Å²) in [7, 11) is 0. The molecule has 2 saturated heterocycles. The van der Waals surface area contributed by atoms with Gasteiger partial charge in [0.25, 0.3) is 0 Å². The predicted molar refractivity (Wildman–Crippen MR) is 90.8 cm³/mol. The number of hydrogen-bond donors (Lipinski definition) is 1. The molecule has 4 heteroatoms. The van der Waals surface area contributed by atoms with E-state index in [0.717, 1.165) is 30.0 Å². The second kappa shape index (κ2) is 4.75. The number of phenolic OH excluding ortho intramolecular Hbond substituents is 1. The van der Waals surface area contributed by atoms with E-state index in [0.29, 0.717) is 23.0 Å². The molecule has 1 aromatic carbocycles. The topological polar surface area (TPSA) is 36.6 Å². The van der Waals surface area contributed by atoms with E-state index in [4.69, 9.17) is 4.42 Å². The summed E-state index contributed by atoms with van der Waals surface area (Å²) in [6.07, 6.45) is 4.60. The molecule has 5 atom stereocenters. The molecular formula is C20H24FNO2. The first-order chi connectivity index (χ1) is 11.5. The van der Waals surface area contributed by atoms with Crippen LogP contribution in [0.4, 0.5) is 4.39 Å². The van der Waals surface area contributed by atoms with Crippen LogP contribution in [-0.4, -0.2) is 29.1 Å². The number of fused-ring (bicyclic) bond motifs is 4. The average Bonchev–Trinajstić information content (AvgIpc) is 2.85. The fourth-order valence-electron chi connectivity index (χ4n) is 5.94. The quantitative estimate of drug-likeness (QED) is 0.841. The highest BCUT2D eigenvalue weighted by Gasteiger charge is 2.54. The predicted octanol–water partition coefficient (Wildman–Crippen LogP) is 4.43. The molecule has 1 aliphatic carbocycles. The fourth-order valence-corrected chi connectivity index (χ4v) is 5.94. The monoisotopic (exact) mass is 329 g/mol. The van der Waals surface area contributed by atoms with Crippen LogP contribution in [-0.2, 0) is 6.42 Å². The highest BCUT2D eigenvalue weighted by molar-refractivity contribution is 5.84. The molecule has 2 aromatic rings. The van der Waals surface area contributed by atoms with E-state index in [1.807, 2.05) is 0 Å². The Morgan fingerprint density at radius 1 is 1.42 bits per heavy atom. The minimum Gasteiger partial charge on any atom is -0.505 e. The summed E-state index contributed by atoms with van der Waals surface area (Å²) in [5, 5.41) is 10.7. The van der Waals surface area contributed by atoms with Crippen LogP contribution in [0.1, 0.15) is 50.4 Å². The number of hydrogen-bond acceptors (Lipinski definition) is 3. The minimum absolute atomic E-state index is 0.279. The van der Waals surface area contributed by atoms with Crippen LogP contribution in [0.3, 0.4) is 0 Å². The Bertz CT molecular complexity index is 829. The van der Waals surface area contributed by atoms with Gasteiger partial charge in [-0.2, -0.15) is 0 Å². The lowest BCUT2D eigenvalue weighted by Gasteiger charge is -2.58. The van der Waals surface area contributed by atoms with E-state index in [2.05, 4.69) is 18.7 Å². The van der Waals surface area contributed by atoms with Gasteiger partial charge in [0, 0.05) is 42.1 Å². The van der Waals surface area contributed by atoms with E-state index in [1.54, 1.807) is 6.07 Å². The van der Waals surface area contributed by atoms with Crippen molar-refractivity contribution in [1.82, 2.24) is 4.90 Å². The lowest BCUT2D eigenvalue weighted by atomic mass is 9.58. The van der Waals surface area contributed by atoms with E-state index in [-0.39, 0.29) is 5.75 Å². The van der Waals surface area contributed by atoms with Crippen molar-refractivity contribution >= 4 is 11.0 Å². The highest BCUT2D eigenvalue weighted by atomic mass is 19.1. The van der Waals surface area contributed by atoms with Gasteiger partial charge in [-0.15, -0.1) is 0 Å². The standard InChI is InChI=1S/C20H24FNO2/c1-3-20(2)9-11-6-14-18-12(4-5-22(10-11)19(14)20)13-7-16(23)15(21)8-17(13)24-18/h7-8,11,14,19,23H,3-6,9-10H2,1-2H3. The number of rotatable bonds is 1. The zero-order valence-electron chi connectivity index (χ0n) is 14.3. The second-order valence-corrected chi connectivity index (χ2v) is 8.35. The van der Waals surface area contributed by atoms with Crippen molar-refractivity contribution in [3.8, 4) is 5.75 Å². The average molecular weight is 329 g/mol. The highest BCUT2D eigenvalue weighted by Crippen LogP contribution is 2.57. The molecule has 4 bridgehead atoms. The molecule has 128 valence electrons. The molecular weight excluding hydrogens is 305 g/mol. The Hall–Kier alpha value is -1.55. The molecule has 5 unspecified atom stereocenters. The van der Waals surface area contributed by atoms with Gasteiger partial charge in [-0.25, -0.2) is 4.39 Å². The molecule has 0 spiro atoms. The number of aromatic hydroxyl groups is 1. The first-order valence-electron chi connectivity index (χ1n) is 9.18. The fraction of sp³-hybridized carbons (Fsp3) is 0.600. The minimum atomic E-state index is -0.600. The van der Waals surface area contributed by atoms with Gasteiger partial charge in [0.05, 0.1) is 0 Å². The van der Waals surface area contributed by atoms with Gasteiger partial charge in [-0.3, -0.25) is 4.90 Å². The first-order valence-corrected chi connectivity index (χ1v) is 9.18. The van der Waals surface area contributed by atoms with Crippen molar-refractivity contribution in [2.75, 3.05) is 13.1 Å². The molecule has 6 rings (SSSR count). The number of furan rings is 1. The Morgan fingerprint density at radius 3 is 3.04 bits per heavy atom. The molecule has 0 amide bonds. The molecule has 1 N–H and O–H groups in total. The molecule has 24 heavy (non-hydrogen) atoms. The van der Waals surface area contributed by atoms with Crippen LogP contribution in [0.25, 0.3) is 11.0 Å². The summed E-state index contributed by atoms with van der Waals surface area (Å²) < 4.78 is 20.0. The zero-order chi connectivity index (χ0) is 16.6. The van der Waals surface area contributed by atoms with Crippen LogP contribution in [0, 0.1) is 17.2 Å². The summed E-state index contributed by atoms with van der Waals surface area (Å²) >= 11 is 0. The molecule has 1 aromatic heterocycles. The number of halogens is 1. The molecule has 3 nitrogen and oxygen atoms in total. The third kappa shape index (κ3) is 1.81. The normalized spacial score (nSPS) is 37.5. The third-order valence-electron chi connectivity index (χ3n) is 7.01. The van der Waals surface area contributed by atoms with Crippen molar-refractivity contribution in [3.05, 3.63) is 29.3 Å². The van der Waals surface area contributed by atoms with E-state index in [9.17, 15) is 9.50 Å². The first kappa shape index (κ1) is 14.8. The lowest BCUT2D eigenvalue weighted by molar-refractivity contribution is -0.0706. The summed E-state index contributed by atoms with van der Waals surface area (Å²) in [5.41, 5.74) is 2.11. The van der Waals surface area contributed by atoms with Crippen LogP contribution in [0.15, 0.2) is 16.5 Å². The molecule has 0 radical (unpaired) electrons. The van der Waals surface area contributed by atoms with Crippen LogP contribution < -0.4 is 0 Å². The molecule has 4 heterocycles. The molecule has 4 aliphatic rings. The van der Waals surface area contributed by atoms with Crippen LogP contribution in [0.5, 0.6) is 5.75 Å². The van der Waals surface area contributed by atoms with E-state index in [1.165, 1.54) is 37.4 Å². The number of benzene rings is 1. The van der Waals surface area contributed by atoms with Crippen molar-refractivity contribution in [2.24, 2.45) is 11.3 Å². The SMILES string of the molecule is CCC1(C)CC2CC3c4oc5cc(F)c(O)cc5c4CCN(C2)C31. The molecule has 3 fully saturated rings. The molecule has 1 saturated carbocycles. The largest absolute Gasteiger partial charge is 0.505 e. The van der Waals surface area contributed by atoms with Crippen molar-refractivity contribution < 1.29 is 13.9 Å². The van der Waals surface area contributed by atoms with Crippen molar-refractivity contribution in [3.63, 3.8) is 0 Å². The van der Waals surface area contributed by atoms with Gasteiger partial charge in [0.2, 0.25) is 0 Å². The van der Waals surface area contributed by atoms with Crippen molar-refractivity contribution in [1.29, 1.82) is 0 Å². The van der Waals surface area contributed by atoms with Crippen LogP contribution in [0.2, 0.25) is 0 Å².